The summed E-state index contributed by atoms with van der Waals surface area (Å²) in [5.41, 5.74) is 2.22. The zero-order valence-electron chi connectivity index (χ0n) is 22.0. The Kier molecular flexibility index (Phi) is 9.53. The average Bonchev–Trinajstić information content (AvgIpc) is 2.85. The van der Waals surface area contributed by atoms with Gasteiger partial charge in [-0.25, -0.2) is 0 Å². The molecule has 0 aromatic heterocycles. The highest BCUT2D eigenvalue weighted by atomic mass is 35.5. The van der Waals surface area contributed by atoms with E-state index in [1.165, 1.54) is 18.1 Å². The molecule has 200 valence electrons. The summed E-state index contributed by atoms with van der Waals surface area (Å²) >= 11 is 6.66. The molecule has 0 unspecified atom stereocenters. The zero-order chi connectivity index (χ0) is 27.3. The molecule has 1 aliphatic rings. The van der Waals surface area contributed by atoms with Gasteiger partial charge in [-0.05, 0) is 49.1 Å². The van der Waals surface area contributed by atoms with E-state index in [0.29, 0.717) is 36.2 Å². The third kappa shape index (κ3) is 6.80. The summed E-state index contributed by atoms with van der Waals surface area (Å²) in [5, 5.41) is 31.6. The molecule has 1 amide bonds. The summed E-state index contributed by atoms with van der Waals surface area (Å²) < 4.78 is 10.8. The number of amidine groups is 2. The molecule has 0 atom stereocenters. The maximum Gasteiger partial charge on any atom is 0.287 e. The molecule has 4 N–H and O–H groups in total. The van der Waals surface area contributed by atoms with Crippen molar-refractivity contribution in [2.75, 3.05) is 38.3 Å². The van der Waals surface area contributed by atoms with Crippen LogP contribution >= 0.6 is 11.6 Å². The highest BCUT2D eigenvalue weighted by Crippen LogP contribution is 2.35. The number of nitrogens with one attached hydrogen (secondary N) is 3. The van der Waals surface area contributed by atoms with Crippen LogP contribution in [-0.4, -0.2) is 67.0 Å². The molecule has 1 aliphatic heterocycles. The van der Waals surface area contributed by atoms with E-state index in [0.717, 1.165) is 24.2 Å². The number of anilines is 1. The lowest BCUT2D eigenvalue weighted by Gasteiger charge is -2.29. The Bertz CT molecular complexity index is 1160. The quantitative estimate of drug-likeness (QED) is 0.312. The molecule has 2 aromatic rings. The van der Waals surface area contributed by atoms with Crippen molar-refractivity contribution in [2.24, 2.45) is 0 Å². The van der Waals surface area contributed by atoms with Gasteiger partial charge in [0.1, 0.15) is 17.3 Å². The number of benzene rings is 2. The summed E-state index contributed by atoms with van der Waals surface area (Å²) in [6, 6.07) is 8.13. The predicted octanol–water partition coefficient (Wildman–Crippen LogP) is 4.34. The van der Waals surface area contributed by atoms with Gasteiger partial charge in [0.05, 0.1) is 31.6 Å². The van der Waals surface area contributed by atoms with Crippen molar-refractivity contribution in [1.29, 1.82) is 10.8 Å². The third-order valence-electron chi connectivity index (χ3n) is 6.10. The number of rotatable bonds is 7. The van der Waals surface area contributed by atoms with Gasteiger partial charge in [0.15, 0.2) is 5.84 Å². The molecular weight excluding hydrogens is 494 g/mol. The van der Waals surface area contributed by atoms with Crippen molar-refractivity contribution in [3.8, 4) is 11.5 Å². The number of amides is 1. The lowest BCUT2D eigenvalue weighted by atomic mass is 9.97. The maximum absolute atomic E-state index is 12.9. The van der Waals surface area contributed by atoms with Gasteiger partial charge in [0.25, 0.3) is 5.91 Å². The van der Waals surface area contributed by atoms with Gasteiger partial charge < -0.3 is 19.9 Å². The zero-order valence-corrected chi connectivity index (χ0v) is 22.8. The highest BCUT2D eigenvalue weighted by Gasteiger charge is 2.28. The SMILES string of the molecule is COc1cc(O)c(C(=N)N(C(=N)C(=O)NC(C)C)c2ccc(CN3CCOCC3)c(Cl)c2)cc1C(C)C. The molecule has 3 rings (SSSR count). The molecule has 0 bridgehead atoms. The second-order valence-corrected chi connectivity index (χ2v) is 10.00. The number of hydrogen-bond acceptors (Lipinski definition) is 7. The van der Waals surface area contributed by atoms with Crippen molar-refractivity contribution in [3.05, 3.63) is 52.0 Å². The van der Waals surface area contributed by atoms with Crippen molar-refractivity contribution in [3.63, 3.8) is 0 Å². The number of aromatic hydroxyl groups is 1. The molecule has 0 radical (unpaired) electrons. The number of nitrogens with zero attached hydrogens (tertiary/aromatic N) is 2. The van der Waals surface area contributed by atoms with Gasteiger partial charge in [-0.3, -0.25) is 25.4 Å². The van der Waals surface area contributed by atoms with Gasteiger partial charge in [-0.1, -0.05) is 31.5 Å². The number of phenolic OH excluding ortho intramolecular Hbond substituents is 1. The Morgan fingerprint density at radius 2 is 1.86 bits per heavy atom. The van der Waals surface area contributed by atoms with E-state index < -0.39 is 11.7 Å². The molecule has 10 heteroatoms. The fourth-order valence-corrected chi connectivity index (χ4v) is 4.36. The first kappa shape index (κ1) is 28.4. The number of methoxy groups -OCH3 is 1. The minimum atomic E-state index is -0.648. The van der Waals surface area contributed by atoms with Gasteiger partial charge in [-0.15, -0.1) is 0 Å². The van der Waals surface area contributed by atoms with Crippen LogP contribution in [0.3, 0.4) is 0 Å². The molecule has 0 aliphatic carbocycles. The van der Waals surface area contributed by atoms with Crippen LogP contribution in [0.1, 0.15) is 50.3 Å². The molecule has 1 heterocycles. The number of ether oxygens (including phenoxy) is 2. The van der Waals surface area contributed by atoms with E-state index in [-0.39, 0.29) is 29.1 Å². The van der Waals surface area contributed by atoms with Crippen LogP contribution < -0.4 is 15.0 Å². The summed E-state index contributed by atoms with van der Waals surface area (Å²) in [6.45, 7) is 11.1. The summed E-state index contributed by atoms with van der Waals surface area (Å²) in [7, 11) is 1.52. The molecule has 37 heavy (non-hydrogen) atoms. The number of halogens is 1. The normalized spacial score (nSPS) is 14.1. The van der Waals surface area contributed by atoms with Gasteiger partial charge in [0.2, 0.25) is 0 Å². The van der Waals surface area contributed by atoms with Crippen LogP contribution in [0.5, 0.6) is 11.5 Å². The van der Waals surface area contributed by atoms with Gasteiger partial charge in [-0.2, -0.15) is 0 Å². The largest absolute Gasteiger partial charge is 0.507 e. The van der Waals surface area contributed by atoms with Crippen LogP contribution in [0.25, 0.3) is 0 Å². The number of hydrogen-bond donors (Lipinski definition) is 4. The Hall–Kier alpha value is -3.14. The van der Waals surface area contributed by atoms with Crippen molar-refractivity contribution in [2.45, 2.75) is 46.2 Å². The first-order chi connectivity index (χ1) is 17.5. The van der Waals surface area contributed by atoms with Crippen molar-refractivity contribution >= 4 is 34.9 Å². The lowest BCUT2D eigenvalue weighted by Crippen LogP contribution is -2.47. The van der Waals surface area contributed by atoms with Gasteiger partial charge in [0, 0.05) is 36.8 Å². The average molecular weight is 530 g/mol. The van der Waals surface area contributed by atoms with E-state index in [2.05, 4.69) is 10.2 Å². The predicted molar refractivity (Wildman–Crippen MR) is 147 cm³/mol. The third-order valence-corrected chi connectivity index (χ3v) is 6.45. The van der Waals surface area contributed by atoms with Crippen molar-refractivity contribution in [1.82, 2.24) is 10.2 Å². The second kappa shape index (κ2) is 12.4. The van der Waals surface area contributed by atoms with Crippen LogP contribution in [-0.2, 0) is 16.1 Å². The maximum atomic E-state index is 12.9. The fraction of sp³-hybridized carbons (Fsp3) is 0.444. The van der Waals surface area contributed by atoms with E-state index in [1.54, 1.807) is 32.0 Å². The molecule has 2 aromatic carbocycles. The van der Waals surface area contributed by atoms with E-state index in [1.807, 2.05) is 19.9 Å². The lowest BCUT2D eigenvalue weighted by molar-refractivity contribution is -0.115. The Morgan fingerprint density at radius 1 is 1.19 bits per heavy atom. The molecular formula is C27H36ClN5O4. The van der Waals surface area contributed by atoms with E-state index in [9.17, 15) is 9.90 Å². The molecule has 1 fully saturated rings. The number of morpholine rings is 1. The fourth-order valence-electron chi connectivity index (χ4n) is 4.13. The number of carbonyl (C=O) groups is 1. The minimum Gasteiger partial charge on any atom is -0.507 e. The minimum absolute atomic E-state index is 0.0492. The Balaban J connectivity index is 2.04. The number of carbonyl (C=O) groups excluding carboxylic acids is 1. The summed E-state index contributed by atoms with van der Waals surface area (Å²) in [4.78, 5) is 16.3. The van der Waals surface area contributed by atoms with Gasteiger partial charge >= 0.3 is 0 Å². The smallest absolute Gasteiger partial charge is 0.287 e. The highest BCUT2D eigenvalue weighted by molar-refractivity contribution is 6.48. The topological polar surface area (TPSA) is 122 Å². The standard InChI is InChI=1S/C27H36ClN5O4/c1-16(2)20-13-21(23(34)14-24(20)36-5)25(29)33(26(30)27(35)31-17(3)4)19-7-6-18(22(28)12-19)15-32-8-10-37-11-9-32/h6-7,12-14,16-17,29-30,34H,8-11,15H2,1-5H3,(H,31,35). The van der Waals surface area contributed by atoms with Crippen LogP contribution in [0, 0.1) is 10.8 Å². The van der Waals surface area contributed by atoms with Crippen LogP contribution in [0.15, 0.2) is 30.3 Å². The molecule has 1 saturated heterocycles. The van der Waals surface area contributed by atoms with E-state index >= 15 is 0 Å². The second-order valence-electron chi connectivity index (χ2n) is 9.59. The first-order valence-electron chi connectivity index (χ1n) is 12.3. The summed E-state index contributed by atoms with van der Waals surface area (Å²) in [6.07, 6.45) is 0. The molecule has 0 spiro atoms. The molecule has 9 nitrogen and oxygen atoms in total. The van der Waals surface area contributed by atoms with E-state index in [4.69, 9.17) is 31.9 Å². The monoisotopic (exact) mass is 529 g/mol. The number of phenols is 1. The van der Waals surface area contributed by atoms with Crippen LogP contribution in [0.4, 0.5) is 5.69 Å². The summed E-state index contributed by atoms with van der Waals surface area (Å²) in [5.74, 6) is -0.986. The Labute approximate surface area is 223 Å². The van der Waals surface area contributed by atoms with Crippen molar-refractivity contribution < 1.29 is 19.4 Å². The first-order valence-corrected chi connectivity index (χ1v) is 12.7. The Morgan fingerprint density at radius 3 is 2.43 bits per heavy atom. The molecule has 0 saturated carbocycles. The van der Waals surface area contributed by atoms with Crippen LogP contribution in [0.2, 0.25) is 5.02 Å².